The summed E-state index contributed by atoms with van der Waals surface area (Å²) in [6.45, 7) is 6.82. The van der Waals surface area contributed by atoms with Crippen LogP contribution in [0.25, 0.3) is 0 Å². The number of hydrogen-bond donors (Lipinski definition) is 1. The molecule has 0 radical (unpaired) electrons. The van der Waals surface area contributed by atoms with Gasteiger partial charge in [0.1, 0.15) is 0 Å². The Labute approximate surface area is 122 Å². The van der Waals surface area contributed by atoms with Gasteiger partial charge in [-0.3, -0.25) is 0 Å². The molecule has 0 unspecified atom stereocenters. The van der Waals surface area contributed by atoms with Crippen LogP contribution in [0.1, 0.15) is 24.0 Å². The van der Waals surface area contributed by atoms with Crippen molar-refractivity contribution in [2.45, 2.75) is 31.6 Å². The van der Waals surface area contributed by atoms with E-state index in [9.17, 15) is 0 Å². The zero-order valence-corrected chi connectivity index (χ0v) is 13.0. The smallest absolute Gasteiger partial charge is 0.0231 e. The second kappa shape index (κ2) is 7.93. The van der Waals surface area contributed by atoms with Gasteiger partial charge in [-0.15, -0.1) is 0 Å². The van der Waals surface area contributed by atoms with Gasteiger partial charge in [0.05, 0.1) is 0 Å². The summed E-state index contributed by atoms with van der Waals surface area (Å²) in [5, 5.41) is 4.31. The summed E-state index contributed by atoms with van der Waals surface area (Å²) in [5.41, 5.74) is 2.78. The molecule has 1 fully saturated rings. The molecule has 1 N–H and O–H groups in total. The molecule has 0 amide bonds. The van der Waals surface area contributed by atoms with Gasteiger partial charge in [0.2, 0.25) is 0 Å². The number of rotatable bonds is 6. The number of nitrogens with one attached hydrogen (secondary N) is 1. The average Bonchev–Trinajstić information content (AvgIpc) is 2.40. The summed E-state index contributed by atoms with van der Waals surface area (Å²) in [6, 6.07) is 8.83. The fourth-order valence-corrected chi connectivity index (χ4v) is 3.86. The van der Waals surface area contributed by atoms with Crippen LogP contribution in [0.5, 0.6) is 0 Å². The summed E-state index contributed by atoms with van der Waals surface area (Å²) in [6.07, 6.45) is 2.68. The fraction of sp³-hybridized carbons (Fsp3) is 0.625. The lowest BCUT2D eigenvalue weighted by Crippen LogP contribution is -2.30. The van der Waals surface area contributed by atoms with Crippen LogP contribution in [-0.2, 0) is 6.54 Å². The number of piperidine rings is 1. The summed E-state index contributed by atoms with van der Waals surface area (Å²) in [5.74, 6) is 1.26. The van der Waals surface area contributed by atoms with E-state index in [1.54, 1.807) is 0 Å². The van der Waals surface area contributed by atoms with Crippen LogP contribution in [-0.4, -0.2) is 42.6 Å². The Morgan fingerprint density at radius 3 is 2.84 bits per heavy atom. The van der Waals surface area contributed by atoms with Crippen molar-refractivity contribution in [3.8, 4) is 0 Å². The first-order valence-electron chi connectivity index (χ1n) is 7.30. The maximum Gasteiger partial charge on any atom is 0.0231 e. The van der Waals surface area contributed by atoms with Crippen molar-refractivity contribution in [2.75, 3.05) is 32.4 Å². The number of aryl methyl sites for hydroxylation is 1. The maximum absolute atomic E-state index is 3.43. The summed E-state index contributed by atoms with van der Waals surface area (Å²) in [7, 11) is 2.23. The largest absolute Gasteiger partial charge is 0.317 e. The lowest BCUT2D eigenvalue weighted by Gasteiger charge is -2.23. The van der Waals surface area contributed by atoms with Gasteiger partial charge in [-0.2, -0.15) is 11.8 Å². The van der Waals surface area contributed by atoms with Gasteiger partial charge in [-0.1, -0.05) is 29.8 Å². The molecule has 0 bridgehead atoms. The Morgan fingerprint density at radius 2 is 2.11 bits per heavy atom. The van der Waals surface area contributed by atoms with E-state index in [0.29, 0.717) is 0 Å². The lowest BCUT2D eigenvalue weighted by atomic mass is 10.1. The highest BCUT2D eigenvalue weighted by molar-refractivity contribution is 7.99. The van der Waals surface area contributed by atoms with Crippen molar-refractivity contribution in [3.05, 3.63) is 35.4 Å². The Bertz CT molecular complexity index is 375. The molecule has 1 aliphatic heterocycles. The third-order valence-electron chi connectivity index (χ3n) is 3.65. The van der Waals surface area contributed by atoms with E-state index in [-0.39, 0.29) is 0 Å². The Morgan fingerprint density at radius 1 is 1.32 bits per heavy atom. The van der Waals surface area contributed by atoms with Gasteiger partial charge in [0.25, 0.3) is 0 Å². The highest BCUT2D eigenvalue weighted by Gasteiger charge is 2.13. The van der Waals surface area contributed by atoms with Crippen LogP contribution >= 0.6 is 11.8 Å². The van der Waals surface area contributed by atoms with Gasteiger partial charge < -0.3 is 10.2 Å². The molecule has 0 saturated carbocycles. The fourth-order valence-electron chi connectivity index (χ4n) is 2.54. The van der Waals surface area contributed by atoms with Crippen molar-refractivity contribution in [1.29, 1.82) is 0 Å². The predicted molar refractivity (Wildman–Crippen MR) is 85.9 cm³/mol. The van der Waals surface area contributed by atoms with E-state index >= 15 is 0 Å². The molecule has 0 aromatic heterocycles. The molecule has 1 aromatic rings. The third-order valence-corrected chi connectivity index (χ3v) is 5.01. The van der Waals surface area contributed by atoms with Crippen LogP contribution in [0.2, 0.25) is 0 Å². The number of benzene rings is 1. The Hall–Kier alpha value is -0.510. The second-order valence-corrected chi connectivity index (χ2v) is 6.96. The van der Waals surface area contributed by atoms with E-state index in [1.807, 2.05) is 0 Å². The minimum atomic E-state index is 0.883. The summed E-state index contributed by atoms with van der Waals surface area (Å²) >= 11 is 2.16. The predicted octanol–water partition coefficient (Wildman–Crippen LogP) is 2.91. The van der Waals surface area contributed by atoms with Crippen molar-refractivity contribution in [1.82, 2.24) is 10.2 Å². The van der Waals surface area contributed by atoms with Gasteiger partial charge in [0, 0.05) is 24.1 Å². The molecular formula is C16H26N2S. The highest BCUT2D eigenvalue weighted by Crippen LogP contribution is 2.20. The maximum atomic E-state index is 3.43. The molecule has 0 spiro atoms. The number of thioether (sulfide) groups is 1. The molecule has 0 aliphatic carbocycles. The molecule has 2 rings (SSSR count). The molecule has 3 heteroatoms. The molecule has 1 aromatic carbocycles. The Balaban J connectivity index is 1.65. The third kappa shape index (κ3) is 5.55. The Kier molecular flexibility index (Phi) is 6.21. The van der Waals surface area contributed by atoms with Crippen LogP contribution in [0.4, 0.5) is 0 Å². The molecule has 1 heterocycles. The van der Waals surface area contributed by atoms with Gasteiger partial charge in [-0.05, 0) is 45.5 Å². The quantitative estimate of drug-likeness (QED) is 0.861. The minimum absolute atomic E-state index is 0.883. The van der Waals surface area contributed by atoms with Crippen molar-refractivity contribution < 1.29 is 0 Å². The monoisotopic (exact) mass is 278 g/mol. The SMILES string of the molecule is Cc1cccc(CN(C)CCSC2CCNCC2)c1. The summed E-state index contributed by atoms with van der Waals surface area (Å²) < 4.78 is 0. The van der Waals surface area contributed by atoms with Crippen molar-refractivity contribution in [2.24, 2.45) is 0 Å². The van der Waals surface area contributed by atoms with Crippen LogP contribution < -0.4 is 5.32 Å². The van der Waals surface area contributed by atoms with Gasteiger partial charge in [-0.25, -0.2) is 0 Å². The van der Waals surface area contributed by atoms with Crippen molar-refractivity contribution >= 4 is 11.8 Å². The minimum Gasteiger partial charge on any atom is -0.317 e. The topological polar surface area (TPSA) is 15.3 Å². The lowest BCUT2D eigenvalue weighted by molar-refractivity contribution is 0.348. The van der Waals surface area contributed by atoms with Crippen molar-refractivity contribution in [3.63, 3.8) is 0 Å². The van der Waals surface area contributed by atoms with E-state index in [2.05, 4.69) is 60.2 Å². The second-order valence-electron chi connectivity index (χ2n) is 5.55. The van der Waals surface area contributed by atoms with Gasteiger partial charge in [0.15, 0.2) is 0 Å². The van der Waals surface area contributed by atoms with E-state index < -0.39 is 0 Å². The van der Waals surface area contributed by atoms with E-state index in [0.717, 1.165) is 11.8 Å². The zero-order valence-electron chi connectivity index (χ0n) is 12.2. The molecule has 0 atom stereocenters. The van der Waals surface area contributed by atoms with Crippen LogP contribution in [0, 0.1) is 6.92 Å². The van der Waals surface area contributed by atoms with Crippen LogP contribution in [0.15, 0.2) is 24.3 Å². The first-order chi connectivity index (χ1) is 9.24. The van der Waals surface area contributed by atoms with E-state index in [1.165, 1.54) is 49.4 Å². The van der Waals surface area contributed by atoms with Gasteiger partial charge >= 0.3 is 0 Å². The molecule has 1 saturated heterocycles. The first-order valence-corrected chi connectivity index (χ1v) is 8.35. The normalized spacial score (nSPS) is 17.0. The molecular weight excluding hydrogens is 252 g/mol. The molecule has 1 aliphatic rings. The standard InChI is InChI=1S/C16H26N2S/c1-14-4-3-5-15(12-14)13-18(2)10-11-19-16-6-8-17-9-7-16/h3-5,12,16-17H,6-11,13H2,1-2H3. The van der Waals surface area contributed by atoms with Crippen LogP contribution in [0.3, 0.4) is 0 Å². The molecule has 106 valence electrons. The average molecular weight is 278 g/mol. The molecule has 2 nitrogen and oxygen atoms in total. The number of hydrogen-bond acceptors (Lipinski definition) is 3. The number of nitrogens with zero attached hydrogens (tertiary/aromatic N) is 1. The highest BCUT2D eigenvalue weighted by atomic mass is 32.2. The zero-order chi connectivity index (χ0) is 13.5. The molecule has 19 heavy (non-hydrogen) atoms. The van der Waals surface area contributed by atoms with E-state index in [4.69, 9.17) is 0 Å². The first kappa shape index (κ1) is 14.9. The summed E-state index contributed by atoms with van der Waals surface area (Å²) in [4.78, 5) is 2.43.